The lowest BCUT2D eigenvalue weighted by Gasteiger charge is -2.20. The fourth-order valence-corrected chi connectivity index (χ4v) is 6.01. The molecule has 35 heavy (non-hydrogen) atoms. The van der Waals surface area contributed by atoms with E-state index < -0.39 is 0 Å². The molecule has 1 amide bonds. The molecule has 202 valence electrons. The summed E-state index contributed by atoms with van der Waals surface area (Å²) in [6, 6.07) is 0. The lowest BCUT2D eigenvalue weighted by Crippen LogP contribution is -2.27. The minimum absolute atomic E-state index is 0.124. The van der Waals surface area contributed by atoms with E-state index in [1.165, 1.54) is 153 Å². The monoisotopic (exact) mass is 487 g/mol. The van der Waals surface area contributed by atoms with Gasteiger partial charge < -0.3 is 0 Å². The van der Waals surface area contributed by atoms with Crippen LogP contribution in [0, 0.1) is 29.6 Å². The van der Waals surface area contributed by atoms with Crippen molar-refractivity contribution in [1.82, 2.24) is 5.06 Å². The summed E-state index contributed by atoms with van der Waals surface area (Å²) in [6.45, 7) is 0. The molecule has 2 fully saturated rings. The Balaban J connectivity index is 1.83. The zero-order valence-electron chi connectivity index (χ0n) is 23.5. The maximum Gasteiger partial charge on any atom is 0.246 e. The highest BCUT2D eigenvalue weighted by Crippen LogP contribution is 2.26. The smallest absolute Gasteiger partial charge is 0.246 e. The number of carbonyl (C=O) groups excluding carboxylic acids is 1. The topological polar surface area (TPSA) is 29.5 Å². The molecule has 0 aromatic carbocycles. The van der Waals surface area contributed by atoms with Crippen LogP contribution in [-0.4, -0.2) is 25.1 Å². The Morgan fingerprint density at radius 2 is 0.914 bits per heavy atom. The first-order valence-corrected chi connectivity index (χ1v) is 15.5. The first kappa shape index (κ1) is 30.2. The third-order valence-electron chi connectivity index (χ3n) is 8.52. The number of nitrogens with zero attached hydrogens (tertiary/aromatic N) is 1. The number of hydrogen-bond acceptors (Lipinski definition) is 2. The van der Waals surface area contributed by atoms with Gasteiger partial charge in [-0.2, -0.15) is 0 Å². The highest BCUT2D eigenvalue weighted by molar-refractivity contribution is 5.75. The minimum atomic E-state index is 0.124. The van der Waals surface area contributed by atoms with E-state index in [4.69, 9.17) is 4.84 Å². The normalized spacial score (nSPS) is 25.7. The molecule has 3 heteroatoms. The van der Waals surface area contributed by atoms with Crippen LogP contribution in [0.1, 0.15) is 154 Å². The van der Waals surface area contributed by atoms with E-state index in [2.05, 4.69) is 11.8 Å². The third-order valence-corrected chi connectivity index (χ3v) is 8.52. The van der Waals surface area contributed by atoms with E-state index in [0.29, 0.717) is 24.2 Å². The Morgan fingerprint density at radius 3 is 1.29 bits per heavy atom. The van der Waals surface area contributed by atoms with Gasteiger partial charge in [0.15, 0.2) is 0 Å². The molecule has 0 spiro atoms. The molecule has 0 heterocycles. The third kappa shape index (κ3) is 15.0. The zero-order chi connectivity index (χ0) is 25.0. The van der Waals surface area contributed by atoms with Crippen LogP contribution in [0.15, 0.2) is 0 Å². The van der Waals surface area contributed by atoms with Gasteiger partial charge in [-0.05, 0) is 44.4 Å². The Labute approximate surface area is 218 Å². The zero-order valence-corrected chi connectivity index (χ0v) is 23.5. The van der Waals surface area contributed by atoms with Gasteiger partial charge in [-0.3, -0.25) is 9.63 Å². The van der Waals surface area contributed by atoms with Gasteiger partial charge in [-0.25, -0.2) is 5.06 Å². The van der Waals surface area contributed by atoms with Crippen molar-refractivity contribution in [2.45, 2.75) is 154 Å². The summed E-state index contributed by atoms with van der Waals surface area (Å²) < 4.78 is 0. The van der Waals surface area contributed by atoms with Crippen LogP contribution in [0.3, 0.4) is 0 Å². The summed E-state index contributed by atoms with van der Waals surface area (Å²) in [4.78, 5) is 17.4. The maximum atomic E-state index is 12.3. The van der Waals surface area contributed by atoms with Gasteiger partial charge >= 0.3 is 0 Å². The Morgan fingerprint density at radius 1 is 0.600 bits per heavy atom. The quantitative estimate of drug-likeness (QED) is 0.293. The van der Waals surface area contributed by atoms with Crippen molar-refractivity contribution >= 4 is 5.91 Å². The highest BCUT2D eigenvalue weighted by atomic mass is 16.7. The molecular formula is C32H57NO2. The minimum Gasteiger partial charge on any atom is -0.275 e. The molecule has 2 aliphatic rings. The average Bonchev–Trinajstić information content (AvgIpc) is 2.90. The van der Waals surface area contributed by atoms with Gasteiger partial charge in [-0.15, -0.1) is 0 Å². The van der Waals surface area contributed by atoms with Crippen molar-refractivity contribution in [1.29, 1.82) is 0 Å². The van der Waals surface area contributed by atoms with E-state index in [1.807, 2.05) is 0 Å². The van der Waals surface area contributed by atoms with Gasteiger partial charge in [-0.1, -0.05) is 121 Å². The largest absolute Gasteiger partial charge is 0.275 e. The van der Waals surface area contributed by atoms with Crippen molar-refractivity contribution in [3.63, 3.8) is 0 Å². The van der Waals surface area contributed by atoms with Crippen molar-refractivity contribution in [3.05, 3.63) is 0 Å². The molecule has 0 aliphatic heterocycles. The Kier molecular flexibility index (Phi) is 17.3. The van der Waals surface area contributed by atoms with Crippen LogP contribution in [-0.2, 0) is 9.63 Å². The summed E-state index contributed by atoms with van der Waals surface area (Å²) in [5.74, 6) is 9.53. The summed E-state index contributed by atoms with van der Waals surface area (Å²) in [6.07, 6.45) is 31.5. The van der Waals surface area contributed by atoms with E-state index in [9.17, 15) is 4.79 Å². The van der Waals surface area contributed by atoms with E-state index in [0.717, 1.165) is 0 Å². The first-order valence-electron chi connectivity index (χ1n) is 15.5. The fourth-order valence-electron chi connectivity index (χ4n) is 6.01. The van der Waals surface area contributed by atoms with Crippen LogP contribution in [0.4, 0.5) is 0 Å². The van der Waals surface area contributed by atoms with Gasteiger partial charge in [0, 0.05) is 25.3 Å². The maximum absolute atomic E-state index is 12.3. The number of rotatable bonds is 3. The van der Waals surface area contributed by atoms with Crippen LogP contribution in [0.25, 0.3) is 0 Å². The molecule has 0 aromatic rings. The highest BCUT2D eigenvalue weighted by Gasteiger charge is 2.17. The average molecular weight is 488 g/mol. The first-order chi connectivity index (χ1) is 17.2. The molecule has 3 nitrogen and oxygen atoms in total. The van der Waals surface area contributed by atoms with Crippen LogP contribution >= 0.6 is 0 Å². The second kappa shape index (κ2) is 20.1. The molecule has 0 saturated heterocycles. The van der Waals surface area contributed by atoms with Crippen LogP contribution < -0.4 is 0 Å². The molecule has 0 bridgehead atoms. The van der Waals surface area contributed by atoms with Crippen LogP contribution in [0.5, 0.6) is 0 Å². The van der Waals surface area contributed by atoms with Crippen molar-refractivity contribution in [3.8, 4) is 11.8 Å². The van der Waals surface area contributed by atoms with Crippen LogP contribution in [0.2, 0.25) is 0 Å². The lowest BCUT2D eigenvalue weighted by molar-refractivity contribution is -0.169. The van der Waals surface area contributed by atoms with E-state index in [1.54, 1.807) is 14.2 Å². The van der Waals surface area contributed by atoms with Gasteiger partial charge in [0.2, 0.25) is 5.91 Å². The number of hydroxylamine groups is 2. The molecule has 2 aliphatic carbocycles. The second-order valence-corrected chi connectivity index (χ2v) is 11.6. The Bertz CT molecular complexity index is 578. The lowest BCUT2D eigenvalue weighted by atomic mass is 9.91. The molecule has 2 atom stereocenters. The number of hydrogen-bond donors (Lipinski definition) is 0. The summed E-state index contributed by atoms with van der Waals surface area (Å²) in [5.41, 5.74) is 0. The SMILES string of the molecule is CON(C)C(=O)CC1CCCCCCC(C#CC2CCCCCCCCCCCC2)CCCCC1. The molecule has 0 radical (unpaired) electrons. The number of amides is 1. The summed E-state index contributed by atoms with van der Waals surface area (Å²) in [7, 11) is 3.30. The second-order valence-electron chi connectivity index (χ2n) is 11.6. The van der Waals surface area contributed by atoms with Gasteiger partial charge in [0.05, 0.1) is 7.11 Å². The molecule has 2 unspecified atom stereocenters. The van der Waals surface area contributed by atoms with E-state index >= 15 is 0 Å². The molecule has 2 saturated carbocycles. The predicted molar refractivity (Wildman–Crippen MR) is 149 cm³/mol. The molecule has 0 aromatic heterocycles. The number of carbonyl (C=O) groups is 1. The fraction of sp³-hybridized carbons (Fsp3) is 0.906. The van der Waals surface area contributed by atoms with Gasteiger partial charge in [0.25, 0.3) is 0 Å². The van der Waals surface area contributed by atoms with Crippen molar-refractivity contribution in [2.75, 3.05) is 14.2 Å². The summed E-state index contributed by atoms with van der Waals surface area (Å²) >= 11 is 0. The molecule has 2 rings (SSSR count). The van der Waals surface area contributed by atoms with Crippen molar-refractivity contribution in [2.24, 2.45) is 17.8 Å². The standard InChI is InChI=1S/C32H57NO2/c1-33(35-2)32(34)28-31-24-17-12-11-16-22-30(23-18-13-19-25-31)27-26-29-20-14-9-7-5-3-4-6-8-10-15-21-29/h29-31H,3-25,28H2,1-2H3. The molecular weight excluding hydrogens is 430 g/mol. The predicted octanol–water partition coefficient (Wildman–Crippen LogP) is 9.25. The van der Waals surface area contributed by atoms with Gasteiger partial charge in [0.1, 0.15) is 0 Å². The Hall–Kier alpha value is -1.01. The summed E-state index contributed by atoms with van der Waals surface area (Å²) in [5, 5.41) is 1.40. The van der Waals surface area contributed by atoms with E-state index in [-0.39, 0.29) is 5.91 Å². The van der Waals surface area contributed by atoms with Crippen molar-refractivity contribution < 1.29 is 9.63 Å². The molecule has 0 N–H and O–H groups in total.